The lowest BCUT2D eigenvalue weighted by atomic mass is 10.1. The molecular formula is C12H11FN2. The molecule has 3 rings (SSSR count). The fourth-order valence-electron chi connectivity index (χ4n) is 2.13. The van der Waals surface area contributed by atoms with Gasteiger partial charge in [-0.25, -0.2) is 4.39 Å². The van der Waals surface area contributed by atoms with Crippen molar-refractivity contribution in [3.63, 3.8) is 0 Å². The van der Waals surface area contributed by atoms with Gasteiger partial charge in [-0.2, -0.15) is 5.10 Å². The van der Waals surface area contributed by atoms with E-state index in [2.05, 4.69) is 5.10 Å². The second kappa shape index (κ2) is 3.19. The summed E-state index contributed by atoms with van der Waals surface area (Å²) in [6.45, 7) is 1.01. The molecule has 1 aromatic carbocycles. The van der Waals surface area contributed by atoms with Gasteiger partial charge in [-0.05, 0) is 30.5 Å². The van der Waals surface area contributed by atoms with Gasteiger partial charge >= 0.3 is 0 Å². The Morgan fingerprint density at radius 3 is 2.80 bits per heavy atom. The number of aryl methyl sites for hydroxylation is 1. The van der Waals surface area contributed by atoms with Gasteiger partial charge in [0.25, 0.3) is 0 Å². The Bertz CT molecular complexity index is 485. The number of benzene rings is 1. The highest BCUT2D eigenvalue weighted by Gasteiger charge is 2.16. The van der Waals surface area contributed by atoms with E-state index in [0.717, 1.165) is 30.5 Å². The first-order valence-electron chi connectivity index (χ1n) is 5.15. The average Bonchev–Trinajstić information content (AvgIpc) is 2.80. The molecule has 0 aliphatic carbocycles. The van der Waals surface area contributed by atoms with E-state index in [1.165, 1.54) is 17.8 Å². The summed E-state index contributed by atoms with van der Waals surface area (Å²) in [4.78, 5) is 0. The summed E-state index contributed by atoms with van der Waals surface area (Å²) in [5.74, 6) is -0.192. The van der Waals surface area contributed by atoms with Gasteiger partial charge in [-0.3, -0.25) is 4.68 Å². The molecule has 0 saturated carbocycles. The van der Waals surface area contributed by atoms with Crippen LogP contribution in [0, 0.1) is 5.82 Å². The van der Waals surface area contributed by atoms with Gasteiger partial charge in [-0.15, -0.1) is 0 Å². The van der Waals surface area contributed by atoms with Crippen molar-refractivity contribution in [1.82, 2.24) is 9.78 Å². The number of rotatable bonds is 1. The Labute approximate surface area is 87.4 Å². The maximum Gasteiger partial charge on any atom is 0.123 e. The van der Waals surface area contributed by atoms with Gasteiger partial charge < -0.3 is 0 Å². The Hall–Kier alpha value is -1.64. The minimum Gasteiger partial charge on any atom is -0.269 e. The Morgan fingerprint density at radius 1 is 1.20 bits per heavy atom. The highest BCUT2D eigenvalue weighted by atomic mass is 19.1. The Kier molecular flexibility index (Phi) is 1.84. The number of hydrogen-bond acceptors (Lipinski definition) is 1. The SMILES string of the molecule is Fc1ccc(-c2cnn3c2CCC3)cc1. The number of hydrogen-bond donors (Lipinski definition) is 0. The monoisotopic (exact) mass is 202 g/mol. The number of nitrogens with zero attached hydrogens (tertiary/aromatic N) is 2. The molecule has 0 unspecified atom stereocenters. The van der Waals surface area contributed by atoms with Crippen LogP contribution in [0.2, 0.25) is 0 Å². The second-order valence-electron chi connectivity index (χ2n) is 3.84. The zero-order valence-corrected chi connectivity index (χ0v) is 8.28. The van der Waals surface area contributed by atoms with Crippen LogP contribution in [-0.4, -0.2) is 9.78 Å². The zero-order valence-electron chi connectivity index (χ0n) is 8.28. The van der Waals surface area contributed by atoms with E-state index < -0.39 is 0 Å². The lowest BCUT2D eigenvalue weighted by Gasteiger charge is -2.00. The third kappa shape index (κ3) is 1.35. The first kappa shape index (κ1) is 8.65. The molecule has 0 spiro atoms. The van der Waals surface area contributed by atoms with Crippen LogP contribution >= 0.6 is 0 Å². The van der Waals surface area contributed by atoms with E-state index in [-0.39, 0.29) is 5.82 Å². The van der Waals surface area contributed by atoms with Gasteiger partial charge in [0, 0.05) is 17.8 Å². The molecule has 1 aromatic heterocycles. The van der Waals surface area contributed by atoms with E-state index in [1.54, 1.807) is 0 Å². The molecule has 0 amide bonds. The maximum atomic E-state index is 12.8. The first-order valence-corrected chi connectivity index (χ1v) is 5.15. The lowest BCUT2D eigenvalue weighted by Crippen LogP contribution is -1.93. The first-order chi connectivity index (χ1) is 7.34. The molecule has 15 heavy (non-hydrogen) atoms. The fourth-order valence-corrected chi connectivity index (χ4v) is 2.13. The van der Waals surface area contributed by atoms with Crippen molar-refractivity contribution < 1.29 is 4.39 Å². The fraction of sp³-hybridized carbons (Fsp3) is 0.250. The van der Waals surface area contributed by atoms with Crippen LogP contribution < -0.4 is 0 Å². The van der Waals surface area contributed by atoms with E-state index in [1.807, 2.05) is 23.0 Å². The highest BCUT2D eigenvalue weighted by molar-refractivity contribution is 5.65. The van der Waals surface area contributed by atoms with Crippen LogP contribution in [0.15, 0.2) is 30.5 Å². The largest absolute Gasteiger partial charge is 0.269 e. The summed E-state index contributed by atoms with van der Waals surface area (Å²) < 4.78 is 14.8. The minimum atomic E-state index is -0.192. The van der Waals surface area contributed by atoms with Gasteiger partial charge in [0.2, 0.25) is 0 Å². The normalized spacial score (nSPS) is 14.2. The zero-order chi connectivity index (χ0) is 10.3. The number of halogens is 1. The minimum absolute atomic E-state index is 0.192. The molecule has 0 saturated heterocycles. The number of aromatic nitrogens is 2. The summed E-state index contributed by atoms with van der Waals surface area (Å²) in [5, 5.41) is 4.32. The van der Waals surface area contributed by atoms with Gasteiger partial charge in [0.05, 0.1) is 6.20 Å². The van der Waals surface area contributed by atoms with Crippen molar-refractivity contribution >= 4 is 0 Å². The Balaban J connectivity index is 2.09. The average molecular weight is 202 g/mol. The summed E-state index contributed by atoms with van der Waals surface area (Å²) in [6.07, 6.45) is 4.12. The summed E-state index contributed by atoms with van der Waals surface area (Å²) >= 11 is 0. The van der Waals surface area contributed by atoms with Crippen molar-refractivity contribution in [1.29, 1.82) is 0 Å². The second-order valence-corrected chi connectivity index (χ2v) is 3.84. The number of fused-ring (bicyclic) bond motifs is 1. The van der Waals surface area contributed by atoms with Crippen molar-refractivity contribution in [2.45, 2.75) is 19.4 Å². The van der Waals surface area contributed by atoms with Gasteiger partial charge in [0.15, 0.2) is 0 Å². The third-order valence-corrected chi connectivity index (χ3v) is 2.89. The molecule has 0 N–H and O–H groups in total. The molecule has 76 valence electrons. The smallest absolute Gasteiger partial charge is 0.123 e. The molecule has 1 aliphatic heterocycles. The van der Waals surface area contributed by atoms with Crippen molar-refractivity contribution in [3.05, 3.63) is 42.0 Å². The van der Waals surface area contributed by atoms with Crippen LogP contribution in [0.3, 0.4) is 0 Å². The standard InChI is InChI=1S/C12H11FN2/c13-10-5-3-9(4-6-10)11-8-14-15-7-1-2-12(11)15/h3-6,8H,1-2,7H2. The molecule has 2 heterocycles. The predicted octanol–water partition coefficient (Wildman–Crippen LogP) is 2.64. The molecule has 0 fully saturated rings. The van der Waals surface area contributed by atoms with Crippen LogP contribution in [0.5, 0.6) is 0 Å². The topological polar surface area (TPSA) is 17.8 Å². The molecule has 3 heteroatoms. The molecule has 2 nitrogen and oxygen atoms in total. The Morgan fingerprint density at radius 2 is 2.00 bits per heavy atom. The lowest BCUT2D eigenvalue weighted by molar-refractivity contribution is 0.628. The molecule has 0 bridgehead atoms. The van der Waals surface area contributed by atoms with Gasteiger partial charge in [0.1, 0.15) is 5.82 Å². The predicted molar refractivity (Wildman–Crippen MR) is 55.9 cm³/mol. The van der Waals surface area contributed by atoms with Crippen LogP contribution in [0.1, 0.15) is 12.1 Å². The summed E-state index contributed by atoms with van der Waals surface area (Å²) in [5.41, 5.74) is 3.48. The third-order valence-electron chi connectivity index (χ3n) is 2.89. The highest BCUT2D eigenvalue weighted by Crippen LogP contribution is 2.27. The van der Waals surface area contributed by atoms with Crippen LogP contribution in [-0.2, 0) is 13.0 Å². The quantitative estimate of drug-likeness (QED) is 0.695. The molecule has 0 radical (unpaired) electrons. The van der Waals surface area contributed by atoms with Gasteiger partial charge in [-0.1, -0.05) is 12.1 Å². The molecule has 2 aromatic rings. The van der Waals surface area contributed by atoms with Crippen molar-refractivity contribution in [2.75, 3.05) is 0 Å². The van der Waals surface area contributed by atoms with E-state index in [4.69, 9.17) is 0 Å². The maximum absolute atomic E-state index is 12.8. The summed E-state index contributed by atoms with van der Waals surface area (Å²) in [7, 11) is 0. The van der Waals surface area contributed by atoms with E-state index in [0.29, 0.717) is 0 Å². The van der Waals surface area contributed by atoms with E-state index in [9.17, 15) is 4.39 Å². The van der Waals surface area contributed by atoms with E-state index >= 15 is 0 Å². The van der Waals surface area contributed by atoms with Crippen LogP contribution in [0.4, 0.5) is 4.39 Å². The van der Waals surface area contributed by atoms with Crippen molar-refractivity contribution in [3.8, 4) is 11.1 Å². The van der Waals surface area contributed by atoms with Crippen molar-refractivity contribution in [2.24, 2.45) is 0 Å². The summed E-state index contributed by atoms with van der Waals surface area (Å²) in [6, 6.07) is 6.61. The molecular weight excluding hydrogens is 191 g/mol. The van der Waals surface area contributed by atoms with Crippen LogP contribution in [0.25, 0.3) is 11.1 Å². The molecule has 1 aliphatic rings. The molecule has 0 atom stereocenters.